The Balaban J connectivity index is 1.81. The molecule has 0 aliphatic carbocycles. The molecular weight excluding hydrogens is 254 g/mol. The molecule has 0 bridgehead atoms. The Hall–Kier alpha value is -1.36. The van der Waals surface area contributed by atoms with E-state index in [1.54, 1.807) is 0 Å². The monoisotopic (exact) mass is 279 g/mol. The van der Waals surface area contributed by atoms with Gasteiger partial charge in [-0.05, 0) is 38.8 Å². The van der Waals surface area contributed by atoms with Gasteiger partial charge in [-0.3, -0.25) is 4.79 Å². The number of carbonyl (C=O) groups is 1. The lowest BCUT2D eigenvalue weighted by molar-refractivity contribution is -0.137. The van der Waals surface area contributed by atoms with Crippen LogP contribution in [0.3, 0.4) is 0 Å². The van der Waals surface area contributed by atoms with Crippen LogP contribution in [0, 0.1) is 0 Å². The zero-order valence-electron chi connectivity index (χ0n) is 12.3. The minimum absolute atomic E-state index is 0.290. The highest BCUT2D eigenvalue weighted by Gasteiger charge is 2.22. The molecule has 5 nitrogen and oxygen atoms in total. The molecule has 0 spiro atoms. The van der Waals surface area contributed by atoms with Crippen LogP contribution in [0.5, 0.6) is 0 Å². The number of hydrogen-bond acceptors (Lipinski definition) is 3. The third kappa shape index (κ3) is 4.07. The van der Waals surface area contributed by atoms with E-state index in [-0.39, 0.29) is 0 Å². The van der Waals surface area contributed by atoms with Gasteiger partial charge in [0, 0.05) is 37.8 Å². The molecule has 1 aromatic heterocycles. The fraction of sp³-hybridized carbons (Fsp3) is 0.733. The third-order valence-corrected chi connectivity index (χ3v) is 4.05. The van der Waals surface area contributed by atoms with Crippen molar-refractivity contribution in [1.82, 2.24) is 14.5 Å². The van der Waals surface area contributed by atoms with Crippen LogP contribution in [0.15, 0.2) is 12.4 Å². The third-order valence-electron chi connectivity index (χ3n) is 4.05. The Kier molecular flexibility index (Phi) is 5.59. The van der Waals surface area contributed by atoms with Crippen molar-refractivity contribution in [1.29, 1.82) is 0 Å². The van der Waals surface area contributed by atoms with E-state index in [0.29, 0.717) is 12.5 Å². The van der Waals surface area contributed by atoms with Crippen molar-refractivity contribution in [3.05, 3.63) is 18.2 Å². The SMILES string of the molecule is CCc1nccn1C1CCCN(CCCCC(=O)O)C1. The van der Waals surface area contributed by atoms with Gasteiger partial charge in [0.25, 0.3) is 0 Å². The molecule has 2 rings (SSSR count). The number of hydrogen-bond donors (Lipinski definition) is 1. The smallest absolute Gasteiger partial charge is 0.303 e. The number of unbranched alkanes of at least 4 members (excludes halogenated alkanes) is 1. The summed E-state index contributed by atoms with van der Waals surface area (Å²) >= 11 is 0. The summed E-state index contributed by atoms with van der Waals surface area (Å²) in [6.45, 7) is 5.36. The van der Waals surface area contributed by atoms with Gasteiger partial charge in [-0.2, -0.15) is 0 Å². The molecule has 0 amide bonds. The van der Waals surface area contributed by atoms with E-state index < -0.39 is 5.97 Å². The van der Waals surface area contributed by atoms with Crippen LogP contribution in [-0.4, -0.2) is 45.2 Å². The summed E-state index contributed by atoms with van der Waals surface area (Å²) < 4.78 is 2.32. The molecule has 1 aliphatic heterocycles. The van der Waals surface area contributed by atoms with Crippen LogP contribution >= 0.6 is 0 Å². The number of carboxylic acids is 1. The van der Waals surface area contributed by atoms with Gasteiger partial charge in [-0.1, -0.05) is 6.92 Å². The molecule has 0 radical (unpaired) electrons. The van der Waals surface area contributed by atoms with Crippen LogP contribution in [0.25, 0.3) is 0 Å². The highest BCUT2D eigenvalue weighted by molar-refractivity contribution is 5.66. The molecule has 0 saturated carbocycles. The minimum atomic E-state index is -0.687. The fourth-order valence-corrected chi connectivity index (χ4v) is 3.02. The number of imidazole rings is 1. The molecule has 1 aliphatic rings. The zero-order valence-corrected chi connectivity index (χ0v) is 12.3. The molecule has 1 atom stereocenters. The van der Waals surface area contributed by atoms with Gasteiger partial charge in [-0.15, -0.1) is 0 Å². The lowest BCUT2D eigenvalue weighted by Gasteiger charge is -2.34. The number of aromatic nitrogens is 2. The molecule has 2 heterocycles. The maximum Gasteiger partial charge on any atom is 0.303 e. The van der Waals surface area contributed by atoms with Crippen LogP contribution in [0.1, 0.15) is 50.9 Å². The fourth-order valence-electron chi connectivity index (χ4n) is 3.02. The summed E-state index contributed by atoms with van der Waals surface area (Å²) in [5, 5.41) is 8.65. The first-order valence-corrected chi connectivity index (χ1v) is 7.66. The zero-order chi connectivity index (χ0) is 14.4. The lowest BCUT2D eigenvalue weighted by Crippen LogP contribution is -2.37. The Labute approximate surface area is 120 Å². The summed E-state index contributed by atoms with van der Waals surface area (Å²) in [5.74, 6) is 0.482. The molecule has 5 heteroatoms. The average Bonchev–Trinajstić information content (AvgIpc) is 2.92. The van der Waals surface area contributed by atoms with E-state index in [9.17, 15) is 4.79 Å². The summed E-state index contributed by atoms with van der Waals surface area (Å²) in [5.41, 5.74) is 0. The van der Waals surface area contributed by atoms with Gasteiger partial charge in [-0.25, -0.2) is 4.98 Å². The number of piperidine rings is 1. The van der Waals surface area contributed by atoms with Crippen LogP contribution in [0.2, 0.25) is 0 Å². The summed E-state index contributed by atoms with van der Waals surface area (Å²) in [4.78, 5) is 17.4. The van der Waals surface area contributed by atoms with Gasteiger partial charge in [0.05, 0.1) is 0 Å². The van der Waals surface area contributed by atoms with Gasteiger partial charge >= 0.3 is 5.97 Å². The van der Waals surface area contributed by atoms with Gasteiger partial charge in [0.1, 0.15) is 5.82 Å². The van der Waals surface area contributed by atoms with E-state index in [1.165, 1.54) is 18.7 Å². The van der Waals surface area contributed by atoms with Crippen molar-refractivity contribution in [2.75, 3.05) is 19.6 Å². The second kappa shape index (κ2) is 7.43. The molecule has 1 N–H and O–H groups in total. The predicted molar refractivity (Wildman–Crippen MR) is 77.8 cm³/mol. The van der Waals surface area contributed by atoms with Crippen LogP contribution < -0.4 is 0 Å². The molecule has 0 aromatic carbocycles. The molecule has 1 fully saturated rings. The van der Waals surface area contributed by atoms with E-state index >= 15 is 0 Å². The van der Waals surface area contributed by atoms with Gasteiger partial charge in [0.2, 0.25) is 0 Å². The Morgan fingerprint density at radius 2 is 2.35 bits per heavy atom. The number of aliphatic carboxylic acids is 1. The lowest BCUT2D eigenvalue weighted by atomic mass is 10.0. The summed E-state index contributed by atoms with van der Waals surface area (Å²) in [6.07, 6.45) is 9.44. The number of likely N-dealkylation sites (tertiary alicyclic amines) is 1. The number of carboxylic acid groups (broad SMARTS) is 1. The highest BCUT2D eigenvalue weighted by atomic mass is 16.4. The molecule has 1 unspecified atom stereocenters. The predicted octanol–water partition coefficient (Wildman–Crippen LogP) is 2.34. The van der Waals surface area contributed by atoms with Crippen molar-refractivity contribution >= 4 is 5.97 Å². The van der Waals surface area contributed by atoms with Crippen molar-refractivity contribution in [3.8, 4) is 0 Å². The minimum Gasteiger partial charge on any atom is -0.481 e. The highest BCUT2D eigenvalue weighted by Crippen LogP contribution is 2.23. The van der Waals surface area contributed by atoms with Crippen molar-refractivity contribution in [3.63, 3.8) is 0 Å². The van der Waals surface area contributed by atoms with E-state index in [4.69, 9.17) is 5.11 Å². The first kappa shape index (κ1) is 15.0. The number of nitrogens with zero attached hydrogens (tertiary/aromatic N) is 3. The Morgan fingerprint density at radius 3 is 3.10 bits per heavy atom. The maximum atomic E-state index is 10.5. The molecule has 1 saturated heterocycles. The number of rotatable bonds is 7. The first-order chi connectivity index (χ1) is 9.70. The van der Waals surface area contributed by atoms with Gasteiger partial charge < -0.3 is 14.6 Å². The second-order valence-corrected chi connectivity index (χ2v) is 5.55. The maximum absolute atomic E-state index is 10.5. The second-order valence-electron chi connectivity index (χ2n) is 5.55. The molecular formula is C15H25N3O2. The Morgan fingerprint density at radius 1 is 1.50 bits per heavy atom. The average molecular weight is 279 g/mol. The van der Waals surface area contributed by atoms with Gasteiger partial charge in [0.15, 0.2) is 0 Å². The summed E-state index contributed by atoms with van der Waals surface area (Å²) in [7, 11) is 0. The normalized spacial score (nSPS) is 20.1. The number of aryl methyl sites for hydroxylation is 1. The molecule has 1 aromatic rings. The van der Waals surface area contributed by atoms with Crippen LogP contribution in [0.4, 0.5) is 0 Å². The first-order valence-electron chi connectivity index (χ1n) is 7.66. The largest absolute Gasteiger partial charge is 0.481 e. The molecule has 112 valence electrons. The van der Waals surface area contributed by atoms with E-state index in [0.717, 1.165) is 38.9 Å². The Bertz CT molecular complexity index is 431. The van der Waals surface area contributed by atoms with E-state index in [2.05, 4.69) is 27.6 Å². The van der Waals surface area contributed by atoms with E-state index in [1.807, 2.05) is 6.20 Å². The quantitative estimate of drug-likeness (QED) is 0.778. The van der Waals surface area contributed by atoms with Crippen molar-refractivity contribution in [2.45, 2.75) is 51.5 Å². The topological polar surface area (TPSA) is 58.4 Å². The summed E-state index contributed by atoms with van der Waals surface area (Å²) in [6, 6.07) is 0.528. The van der Waals surface area contributed by atoms with Crippen molar-refractivity contribution in [2.24, 2.45) is 0 Å². The van der Waals surface area contributed by atoms with Crippen LogP contribution in [-0.2, 0) is 11.2 Å². The van der Waals surface area contributed by atoms with Crippen molar-refractivity contribution < 1.29 is 9.90 Å². The standard InChI is InChI=1S/C15H25N3O2/c1-2-14-16-8-11-18(14)13-6-5-10-17(12-13)9-4-3-7-15(19)20/h8,11,13H,2-7,9-10,12H2,1H3,(H,19,20). The molecule has 20 heavy (non-hydrogen) atoms.